The molecule has 2 unspecified atom stereocenters. The van der Waals surface area contributed by atoms with Gasteiger partial charge in [-0.3, -0.25) is 18.9 Å². The minimum Gasteiger partial charge on any atom is -0.848 e. The molecule has 4 rings (SSSR count). The van der Waals surface area contributed by atoms with Crippen LogP contribution in [0, 0.1) is 0 Å². The number of imidazole rings is 2. The predicted octanol–water partition coefficient (Wildman–Crippen LogP) is -3.28. The van der Waals surface area contributed by atoms with Gasteiger partial charge in [-0.05, 0) is 0 Å². The van der Waals surface area contributed by atoms with E-state index in [2.05, 4.69) is 23.8 Å². The molecule has 6 atom stereocenters. The van der Waals surface area contributed by atoms with E-state index in [1.165, 1.54) is 22.5 Å². The Morgan fingerprint density at radius 2 is 2.12 bits per heavy atom. The van der Waals surface area contributed by atoms with Gasteiger partial charge in [0.15, 0.2) is 6.33 Å². The summed E-state index contributed by atoms with van der Waals surface area (Å²) < 4.78 is 41.9. The van der Waals surface area contributed by atoms with E-state index in [9.17, 15) is 33.9 Å². The van der Waals surface area contributed by atoms with E-state index in [-0.39, 0.29) is 46.7 Å². The number of nitrogens with one attached hydrogen (secondary N) is 1. The first-order chi connectivity index (χ1) is 15.4. The molecule has 4 heterocycles. The van der Waals surface area contributed by atoms with Crippen LogP contribution in [0.5, 0.6) is 0 Å². The number of aromatic amines is 1. The third-order valence-corrected chi connectivity index (χ3v) is 7.74. The summed E-state index contributed by atoms with van der Waals surface area (Å²) >= 11 is 0. The van der Waals surface area contributed by atoms with Crippen molar-refractivity contribution in [2.75, 3.05) is 12.3 Å². The molecule has 1 aliphatic rings. The summed E-state index contributed by atoms with van der Waals surface area (Å²) in [6.07, 6.45) is -1.92. The number of anilines is 1. The number of phosphoric acid groups is 1. The number of aryl methyl sites for hydroxylation is 1. The Morgan fingerprint density at radius 1 is 1.41 bits per heavy atom. The van der Waals surface area contributed by atoms with Crippen LogP contribution in [0.25, 0.3) is 11.2 Å². The minimum atomic E-state index is -5.14. The van der Waals surface area contributed by atoms with Crippen molar-refractivity contribution in [3.8, 4) is 0 Å². The summed E-state index contributed by atoms with van der Waals surface area (Å²) in [5.41, 5.74) is 5.13. The number of phosphoric ester groups is 1. The average molecular weight is 530 g/mol. The molecular weight excluding hydrogens is 511 g/mol. The number of aliphatic hydroxyl groups is 1. The van der Waals surface area contributed by atoms with Crippen LogP contribution in [0.15, 0.2) is 29.8 Å². The maximum atomic E-state index is 12.5. The standard InChI is InChI=1S/C14H19N7O10P2.Na/c1-19-6-21(11-8(19)12(24)18-14(15)17-11)13-10(23)9(22)7(30-13)4-29-33(27,28)31-32(25,26)20-3-2-16-5-20;/h2-3,5-7,9-10,13,23H,4H2,1H3,(H,25,26)(H,27,28)(H3,15,17,18,24);/t7-,9-,10-,13-;/m1./s1. The van der Waals surface area contributed by atoms with Gasteiger partial charge in [-0.15, -0.1) is 0 Å². The van der Waals surface area contributed by atoms with Gasteiger partial charge in [0.25, 0.3) is 11.5 Å². The van der Waals surface area contributed by atoms with E-state index in [0.717, 1.165) is 18.7 Å². The van der Waals surface area contributed by atoms with Crippen LogP contribution in [0.2, 0.25) is 0 Å². The number of aliphatic hydroxyl groups excluding tert-OH is 1. The molecule has 0 spiro atoms. The summed E-state index contributed by atoms with van der Waals surface area (Å²) in [5.74, 6) is -0.205. The van der Waals surface area contributed by atoms with Crippen molar-refractivity contribution >= 4 is 62.2 Å². The van der Waals surface area contributed by atoms with E-state index >= 15 is 0 Å². The third kappa shape index (κ3) is 5.21. The van der Waals surface area contributed by atoms with Crippen LogP contribution in [0.1, 0.15) is 6.23 Å². The molecule has 3 aromatic rings. The van der Waals surface area contributed by atoms with E-state index in [1.54, 1.807) is 0 Å². The minimum absolute atomic E-state index is 0. The van der Waals surface area contributed by atoms with Crippen molar-refractivity contribution in [1.29, 1.82) is 0 Å². The van der Waals surface area contributed by atoms with Gasteiger partial charge < -0.3 is 30.5 Å². The van der Waals surface area contributed by atoms with Gasteiger partial charge in [-0.2, -0.15) is 4.31 Å². The largest absolute Gasteiger partial charge is 0.848 e. The fraction of sp³-hybridized carbons (Fsp3) is 0.429. The predicted molar refractivity (Wildman–Crippen MR) is 110 cm³/mol. The zero-order chi connectivity index (χ0) is 24.1. The molecule has 1 aliphatic heterocycles. The number of rotatable bonds is 7. The van der Waals surface area contributed by atoms with Crippen LogP contribution < -0.4 is 21.0 Å². The molecule has 1 radical (unpaired) electrons. The maximum absolute atomic E-state index is 12.5. The molecule has 0 bridgehead atoms. The summed E-state index contributed by atoms with van der Waals surface area (Å²) in [5, 5.41) is 22.9. The van der Waals surface area contributed by atoms with E-state index in [0.29, 0.717) is 4.34 Å². The summed E-state index contributed by atoms with van der Waals surface area (Å²) in [6.45, 7) is -0.860. The first-order valence-corrected chi connectivity index (χ1v) is 12.2. The van der Waals surface area contributed by atoms with Gasteiger partial charge in [0, 0.05) is 42.0 Å². The SMILES string of the molecule is Cn1c[n+]([C@@H]2O[C@H](COP(=O)(O)OP(=O)(O)n3ccnc3)[C@@H]([O-])[C@H]2O)c2nc(N)[nH]c(=O)c21.[Na]. The first-order valence-electron chi connectivity index (χ1n) is 9.15. The van der Waals surface area contributed by atoms with E-state index in [4.69, 9.17) is 10.5 Å². The monoisotopic (exact) mass is 530 g/mol. The number of nitrogens with two attached hydrogens (primary N) is 1. The van der Waals surface area contributed by atoms with Crippen LogP contribution in [0.3, 0.4) is 0 Å². The number of hydrogen-bond acceptors (Lipinski definition) is 11. The van der Waals surface area contributed by atoms with Crippen LogP contribution in [-0.2, 0) is 29.7 Å². The van der Waals surface area contributed by atoms with Gasteiger partial charge >= 0.3 is 21.2 Å². The maximum Gasteiger partial charge on any atom is 0.480 e. The van der Waals surface area contributed by atoms with Gasteiger partial charge in [-0.1, -0.05) is 11.1 Å². The summed E-state index contributed by atoms with van der Waals surface area (Å²) in [7, 11) is -8.43. The van der Waals surface area contributed by atoms with Crippen molar-refractivity contribution in [2.24, 2.45) is 7.05 Å². The van der Waals surface area contributed by atoms with Crippen LogP contribution in [-0.4, -0.2) is 93.2 Å². The van der Waals surface area contributed by atoms with E-state index in [1.807, 2.05) is 0 Å². The normalized spacial score (nSPS) is 26.1. The molecule has 1 fully saturated rings. The zero-order valence-electron chi connectivity index (χ0n) is 17.7. The van der Waals surface area contributed by atoms with Crippen LogP contribution >= 0.6 is 15.6 Å². The second-order valence-corrected chi connectivity index (χ2v) is 10.3. The molecule has 3 aromatic heterocycles. The average Bonchev–Trinajstić information content (AvgIpc) is 3.41. The molecule has 1 saturated heterocycles. The quantitative estimate of drug-likeness (QED) is 0.114. The van der Waals surface area contributed by atoms with Gasteiger partial charge in [0.05, 0.1) is 19.8 Å². The van der Waals surface area contributed by atoms with Crippen molar-refractivity contribution < 1.29 is 47.3 Å². The topological polar surface area (TPSA) is 244 Å². The Labute approximate surface area is 212 Å². The first kappa shape index (κ1) is 27.1. The summed E-state index contributed by atoms with van der Waals surface area (Å²) in [4.78, 5) is 41.6. The third-order valence-electron chi connectivity index (χ3n) is 4.77. The molecule has 0 saturated carbocycles. The Balaban J connectivity index is 0.00000324. The molecule has 0 amide bonds. The molecular formula is C14H19N7NaO10P2. The van der Waals surface area contributed by atoms with Crippen molar-refractivity contribution in [2.45, 2.75) is 24.5 Å². The van der Waals surface area contributed by atoms with Gasteiger partial charge in [-0.25, -0.2) is 23.0 Å². The smallest absolute Gasteiger partial charge is 0.480 e. The molecule has 34 heavy (non-hydrogen) atoms. The number of nitrogen functional groups attached to an aromatic ring is 1. The van der Waals surface area contributed by atoms with Crippen molar-refractivity contribution in [3.63, 3.8) is 0 Å². The zero-order valence-corrected chi connectivity index (χ0v) is 21.5. The van der Waals surface area contributed by atoms with Gasteiger partial charge in [0.2, 0.25) is 11.7 Å². The second-order valence-electron chi connectivity index (χ2n) is 7.06. The number of ether oxygens (including phenoxy) is 1. The van der Waals surface area contributed by atoms with E-state index < -0.39 is 52.3 Å². The Hall–Kier alpha value is -1.46. The second kappa shape index (κ2) is 9.89. The van der Waals surface area contributed by atoms with Crippen molar-refractivity contribution in [3.05, 3.63) is 35.4 Å². The number of nitrogens with zero attached hydrogens (tertiary/aromatic N) is 5. The van der Waals surface area contributed by atoms with Crippen LogP contribution in [0.4, 0.5) is 5.95 Å². The number of hydrogen-bond donors (Lipinski definition) is 5. The fourth-order valence-electron chi connectivity index (χ4n) is 3.31. The molecule has 17 nitrogen and oxygen atoms in total. The number of H-pyrrole nitrogens is 1. The van der Waals surface area contributed by atoms with Gasteiger partial charge in [0.1, 0.15) is 12.4 Å². The molecule has 20 heteroatoms. The molecule has 0 aliphatic carbocycles. The Bertz CT molecular complexity index is 1330. The Kier molecular flexibility index (Phi) is 7.89. The molecule has 6 N–H and O–H groups in total. The number of fused-ring (bicyclic) bond motifs is 1. The molecule has 0 aromatic carbocycles. The Morgan fingerprint density at radius 3 is 2.76 bits per heavy atom. The fourth-order valence-corrected chi connectivity index (χ4v) is 5.66. The van der Waals surface area contributed by atoms with Crippen molar-refractivity contribution in [1.82, 2.24) is 23.9 Å². The molecule has 181 valence electrons. The number of aromatic nitrogens is 6. The summed E-state index contributed by atoms with van der Waals surface area (Å²) in [6, 6.07) is 0.